The average molecular weight is 437 g/mol. The number of anilines is 2. The monoisotopic (exact) mass is 436 g/mol. The van der Waals surface area contributed by atoms with E-state index in [9.17, 15) is 9.59 Å². The summed E-state index contributed by atoms with van der Waals surface area (Å²) in [7, 11) is 0. The Morgan fingerprint density at radius 3 is 2.18 bits per heavy atom. The molecule has 3 amide bonds. The highest BCUT2D eigenvalue weighted by Crippen LogP contribution is 2.25. The van der Waals surface area contributed by atoms with Crippen molar-refractivity contribution in [2.24, 2.45) is 0 Å². The van der Waals surface area contributed by atoms with Gasteiger partial charge in [-0.3, -0.25) is 4.79 Å². The van der Waals surface area contributed by atoms with Crippen LogP contribution in [0.5, 0.6) is 0 Å². The van der Waals surface area contributed by atoms with E-state index in [0.29, 0.717) is 30.0 Å². The van der Waals surface area contributed by atoms with E-state index >= 15 is 0 Å². The molecule has 0 bridgehead atoms. The number of carbonyl (C=O) groups is 2. The molecule has 0 unspecified atom stereocenters. The standard InChI is InChI=1S/C27H24N4O2/c32-26(25-11-5-4-10-24(25)20-7-2-1-3-8-20)28-21-12-14-22(15-13-21)29-27(33)31-18-17-30-16-6-9-23(30)19-31/h1-16H,17-19H2,(H,28,32)(H,29,33). The van der Waals surface area contributed by atoms with Gasteiger partial charge in [-0.15, -0.1) is 0 Å². The zero-order valence-corrected chi connectivity index (χ0v) is 18.1. The van der Waals surface area contributed by atoms with E-state index in [1.165, 1.54) is 0 Å². The van der Waals surface area contributed by atoms with Crippen LogP contribution in [0.4, 0.5) is 16.2 Å². The zero-order chi connectivity index (χ0) is 22.6. The van der Waals surface area contributed by atoms with Crippen molar-refractivity contribution in [3.05, 3.63) is 108 Å². The number of amides is 3. The SMILES string of the molecule is O=C(Nc1ccc(NC(=O)N2CCn3cccc3C2)cc1)c1ccccc1-c1ccccc1. The lowest BCUT2D eigenvalue weighted by molar-refractivity contribution is 0.102. The fraction of sp³-hybridized carbons (Fsp3) is 0.111. The minimum absolute atomic E-state index is 0.129. The summed E-state index contributed by atoms with van der Waals surface area (Å²) in [6.07, 6.45) is 2.04. The molecule has 0 radical (unpaired) electrons. The van der Waals surface area contributed by atoms with E-state index in [-0.39, 0.29) is 11.9 Å². The average Bonchev–Trinajstić information content (AvgIpc) is 3.34. The third kappa shape index (κ3) is 4.50. The van der Waals surface area contributed by atoms with Crippen molar-refractivity contribution in [3.8, 4) is 11.1 Å². The van der Waals surface area contributed by atoms with Crippen molar-refractivity contribution < 1.29 is 9.59 Å². The normalized spacial score (nSPS) is 12.7. The topological polar surface area (TPSA) is 66.4 Å². The second-order valence-electron chi connectivity index (χ2n) is 7.99. The third-order valence-corrected chi connectivity index (χ3v) is 5.82. The first-order chi connectivity index (χ1) is 16.2. The molecule has 5 rings (SSSR count). The molecule has 0 aliphatic carbocycles. The maximum Gasteiger partial charge on any atom is 0.322 e. The highest BCUT2D eigenvalue weighted by atomic mass is 16.2. The van der Waals surface area contributed by atoms with Gasteiger partial charge in [-0.05, 0) is 53.6 Å². The molecule has 0 saturated heterocycles. The molecule has 33 heavy (non-hydrogen) atoms. The first-order valence-corrected chi connectivity index (χ1v) is 10.9. The highest BCUT2D eigenvalue weighted by Gasteiger charge is 2.20. The molecule has 1 aliphatic rings. The van der Waals surface area contributed by atoms with E-state index in [0.717, 1.165) is 23.4 Å². The maximum atomic E-state index is 13.0. The lowest BCUT2D eigenvalue weighted by atomic mass is 9.99. The summed E-state index contributed by atoms with van der Waals surface area (Å²) in [6.45, 7) is 2.06. The summed E-state index contributed by atoms with van der Waals surface area (Å²) >= 11 is 0. The quantitative estimate of drug-likeness (QED) is 0.446. The largest absolute Gasteiger partial charge is 0.348 e. The van der Waals surface area contributed by atoms with Gasteiger partial charge < -0.3 is 20.1 Å². The molecule has 1 aliphatic heterocycles. The van der Waals surface area contributed by atoms with E-state index in [2.05, 4.69) is 15.2 Å². The van der Waals surface area contributed by atoms with Gasteiger partial charge in [0.05, 0.1) is 6.54 Å². The zero-order valence-electron chi connectivity index (χ0n) is 18.1. The van der Waals surface area contributed by atoms with Gasteiger partial charge in [0.25, 0.3) is 5.91 Å². The second-order valence-corrected chi connectivity index (χ2v) is 7.99. The molecule has 6 heteroatoms. The molecule has 0 atom stereocenters. The van der Waals surface area contributed by atoms with Crippen LogP contribution in [-0.4, -0.2) is 28.0 Å². The molecule has 0 fully saturated rings. The molecule has 2 N–H and O–H groups in total. The number of rotatable bonds is 4. The van der Waals surface area contributed by atoms with Gasteiger partial charge in [0, 0.05) is 41.9 Å². The van der Waals surface area contributed by atoms with Gasteiger partial charge in [-0.2, -0.15) is 0 Å². The van der Waals surface area contributed by atoms with E-state index in [1.807, 2.05) is 72.9 Å². The molecular weight excluding hydrogens is 412 g/mol. The Morgan fingerprint density at radius 2 is 1.39 bits per heavy atom. The molecule has 0 spiro atoms. The fourth-order valence-corrected chi connectivity index (χ4v) is 4.08. The second kappa shape index (κ2) is 9.04. The van der Waals surface area contributed by atoms with Crippen LogP contribution in [0.3, 0.4) is 0 Å². The Kier molecular flexibility index (Phi) is 5.64. The van der Waals surface area contributed by atoms with Crippen LogP contribution >= 0.6 is 0 Å². The summed E-state index contributed by atoms with van der Waals surface area (Å²) in [5, 5.41) is 5.90. The number of nitrogens with one attached hydrogen (secondary N) is 2. The summed E-state index contributed by atoms with van der Waals surface area (Å²) in [6, 6.07) is 28.5. The summed E-state index contributed by atoms with van der Waals surface area (Å²) in [5.41, 5.74) is 4.96. The number of aromatic nitrogens is 1. The molecule has 1 aromatic heterocycles. The van der Waals surface area contributed by atoms with Crippen molar-refractivity contribution in [1.29, 1.82) is 0 Å². The number of hydrogen-bond acceptors (Lipinski definition) is 2. The lowest BCUT2D eigenvalue weighted by Crippen LogP contribution is -2.40. The van der Waals surface area contributed by atoms with Gasteiger partial charge in [0.15, 0.2) is 0 Å². The number of benzene rings is 3. The molecule has 2 heterocycles. The van der Waals surface area contributed by atoms with Crippen molar-refractivity contribution in [3.63, 3.8) is 0 Å². The Morgan fingerprint density at radius 1 is 0.697 bits per heavy atom. The number of fused-ring (bicyclic) bond motifs is 1. The van der Waals surface area contributed by atoms with Gasteiger partial charge in [0.2, 0.25) is 0 Å². The Labute approximate surface area is 192 Å². The number of hydrogen-bond donors (Lipinski definition) is 2. The van der Waals surface area contributed by atoms with Crippen molar-refractivity contribution >= 4 is 23.3 Å². The van der Waals surface area contributed by atoms with E-state index < -0.39 is 0 Å². The number of carbonyl (C=O) groups excluding carboxylic acids is 2. The van der Waals surface area contributed by atoms with Crippen molar-refractivity contribution in [2.75, 3.05) is 17.2 Å². The van der Waals surface area contributed by atoms with Gasteiger partial charge in [0.1, 0.15) is 0 Å². The molecule has 4 aromatic rings. The van der Waals surface area contributed by atoms with Crippen LogP contribution in [0.1, 0.15) is 16.1 Å². The van der Waals surface area contributed by atoms with Gasteiger partial charge in [-0.1, -0.05) is 48.5 Å². The Bertz CT molecular complexity index is 1280. The minimum atomic E-state index is -0.178. The molecular formula is C27H24N4O2. The maximum absolute atomic E-state index is 13.0. The van der Waals surface area contributed by atoms with Crippen LogP contribution in [-0.2, 0) is 13.1 Å². The van der Waals surface area contributed by atoms with Crippen LogP contribution in [0.2, 0.25) is 0 Å². The van der Waals surface area contributed by atoms with Crippen LogP contribution < -0.4 is 10.6 Å². The van der Waals surface area contributed by atoms with Crippen molar-refractivity contribution in [1.82, 2.24) is 9.47 Å². The summed E-state index contributed by atoms with van der Waals surface area (Å²) < 4.78 is 2.16. The molecule has 0 saturated carbocycles. The predicted molar refractivity (Wildman–Crippen MR) is 130 cm³/mol. The Balaban J connectivity index is 1.24. The van der Waals surface area contributed by atoms with Crippen LogP contribution in [0, 0.1) is 0 Å². The highest BCUT2D eigenvalue weighted by molar-refractivity contribution is 6.08. The Hall–Kier alpha value is -4.32. The van der Waals surface area contributed by atoms with Crippen LogP contribution in [0.15, 0.2) is 97.2 Å². The van der Waals surface area contributed by atoms with Gasteiger partial charge >= 0.3 is 6.03 Å². The van der Waals surface area contributed by atoms with Crippen molar-refractivity contribution in [2.45, 2.75) is 13.1 Å². The summed E-state index contributed by atoms with van der Waals surface area (Å²) in [5.74, 6) is -0.178. The van der Waals surface area contributed by atoms with E-state index in [1.54, 1.807) is 29.2 Å². The predicted octanol–water partition coefficient (Wildman–Crippen LogP) is 5.46. The third-order valence-electron chi connectivity index (χ3n) is 5.82. The molecule has 6 nitrogen and oxygen atoms in total. The number of urea groups is 1. The minimum Gasteiger partial charge on any atom is -0.348 e. The fourth-order valence-electron chi connectivity index (χ4n) is 4.08. The first-order valence-electron chi connectivity index (χ1n) is 10.9. The van der Waals surface area contributed by atoms with E-state index in [4.69, 9.17) is 0 Å². The summed E-state index contributed by atoms with van der Waals surface area (Å²) in [4.78, 5) is 27.4. The first kappa shape index (κ1) is 20.6. The lowest BCUT2D eigenvalue weighted by Gasteiger charge is -2.28. The smallest absolute Gasteiger partial charge is 0.322 e. The number of nitrogens with zero attached hydrogens (tertiary/aromatic N) is 2. The van der Waals surface area contributed by atoms with Gasteiger partial charge in [-0.25, -0.2) is 4.79 Å². The molecule has 3 aromatic carbocycles. The molecule has 164 valence electrons. The van der Waals surface area contributed by atoms with Crippen LogP contribution in [0.25, 0.3) is 11.1 Å².